The highest BCUT2D eigenvalue weighted by molar-refractivity contribution is 5.99. The Labute approximate surface area is 130 Å². The van der Waals surface area contributed by atoms with Gasteiger partial charge in [0.25, 0.3) is 5.91 Å². The Kier molecular flexibility index (Phi) is 6.69. The molecule has 2 N–H and O–H groups in total. The van der Waals surface area contributed by atoms with Crippen molar-refractivity contribution in [2.75, 3.05) is 20.8 Å². The Morgan fingerprint density at radius 1 is 1.18 bits per heavy atom. The molecule has 0 aliphatic carbocycles. The smallest absolute Gasteiger partial charge is 0.308 e. The molecule has 0 aliphatic heterocycles. The fourth-order valence-electron chi connectivity index (χ4n) is 2.22. The molecule has 0 aromatic heterocycles. The van der Waals surface area contributed by atoms with Crippen LogP contribution in [-0.2, 0) is 4.79 Å². The van der Waals surface area contributed by atoms with Crippen LogP contribution in [0.4, 0.5) is 0 Å². The largest absolute Gasteiger partial charge is 0.496 e. The molecule has 1 rings (SSSR count). The van der Waals surface area contributed by atoms with E-state index < -0.39 is 17.8 Å². The minimum absolute atomic E-state index is 0.0630. The number of carbonyl (C=O) groups is 2. The van der Waals surface area contributed by atoms with E-state index in [1.165, 1.54) is 14.2 Å². The number of amides is 1. The van der Waals surface area contributed by atoms with Gasteiger partial charge in [-0.05, 0) is 24.5 Å². The summed E-state index contributed by atoms with van der Waals surface area (Å²) in [6.07, 6.45) is 0.499. The molecule has 0 saturated carbocycles. The molecule has 0 fully saturated rings. The second kappa shape index (κ2) is 8.26. The van der Waals surface area contributed by atoms with Gasteiger partial charge in [-0.2, -0.15) is 0 Å². The quantitative estimate of drug-likeness (QED) is 0.769. The zero-order valence-electron chi connectivity index (χ0n) is 13.4. The number of nitrogens with one attached hydrogen (secondary N) is 1. The van der Waals surface area contributed by atoms with Crippen LogP contribution in [0.15, 0.2) is 18.2 Å². The predicted octanol–water partition coefficient (Wildman–Crippen LogP) is 2.18. The van der Waals surface area contributed by atoms with Crippen molar-refractivity contribution in [2.45, 2.75) is 20.3 Å². The summed E-state index contributed by atoms with van der Waals surface area (Å²) < 4.78 is 10.3. The maximum Gasteiger partial charge on any atom is 0.308 e. The van der Waals surface area contributed by atoms with E-state index >= 15 is 0 Å². The Hall–Kier alpha value is -2.24. The van der Waals surface area contributed by atoms with Gasteiger partial charge >= 0.3 is 5.97 Å². The van der Waals surface area contributed by atoms with Crippen LogP contribution >= 0.6 is 0 Å². The summed E-state index contributed by atoms with van der Waals surface area (Å²) in [5.41, 5.74) is 0.265. The van der Waals surface area contributed by atoms with Crippen molar-refractivity contribution in [3.05, 3.63) is 23.8 Å². The first-order valence-electron chi connectivity index (χ1n) is 7.12. The molecule has 1 aromatic rings. The van der Waals surface area contributed by atoms with Crippen LogP contribution < -0.4 is 14.8 Å². The molecule has 0 heterocycles. The molecule has 122 valence electrons. The highest BCUT2D eigenvalue weighted by atomic mass is 16.5. The standard InChI is InChI=1S/C16H23NO5/c1-10(2)8-11(16(19)20)9-17-15(18)14-12(21-3)6-5-7-13(14)22-4/h5-7,10-11H,8-9H2,1-4H3,(H,17,18)(H,19,20). The van der Waals surface area contributed by atoms with Crippen molar-refractivity contribution in [3.63, 3.8) is 0 Å². The van der Waals surface area contributed by atoms with Gasteiger partial charge in [-0.3, -0.25) is 9.59 Å². The normalized spacial score (nSPS) is 11.9. The molecule has 6 heteroatoms. The van der Waals surface area contributed by atoms with Crippen LogP contribution in [0.1, 0.15) is 30.6 Å². The number of benzene rings is 1. The van der Waals surface area contributed by atoms with E-state index in [0.29, 0.717) is 17.9 Å². The van der Waals surface area contributed by atoms with Crippen LogP contribution in [0.3, 0.4) is 0 Å². The molecule has 1 aromatic carbocycles. The van der Waals surface area contributed by atoms with Gasteiger partial charge < -0.3 is 19.9 Å². The van der Waals surface area contributed by atoms with Crippen molar-refractivity contribution in [3.8, 4) is 11.5 Å². The van der Waals surface area contributed by atoms with Crippen LogP contribution in [0.5, 0.6) is 11.5 Å². The average Bonchev–Trinajstić information content (AvgIpc) is 2.49. The minimum atomic E-state index is -0.916. The zero-order chi connectivity index (χ0) is 16.7. The second-order valence-electron chi connectivity index (χ2n) is 5.41. The number of hydrogen-bond acceptors (Lipinski definition) is 4. The van der Waals surface area contributed by atoms with Crippen molar-refractivity contribution in [2.24, 2.45) is 11.8 Å². The number of aliphatic carboxylic acids is 1. The number of ether oxygens (including phenoxy) is 2. The summed E-state index contributed by atoms with van der Waals surface area (Å²) in [5, 5.41) is 11.9. The molecule has 6 nitrogen and oxygen atoms in total. The van der Waals surface area contributed by atoms with E-state index in [0.717, 1.165) is 0 Å². The summed E-state index contributed by atoms with van der Waals surface area (Å²) in [6.45, 7) is 3.95. The fourth-order valence-corrected chi connectivity index (χ4v) is 2.22. The van der Waals surface area contributed by atoms with Crippen LogP contribution in [-0.4, -0.2) is 37.7 Å². The lowest BCUT2D eigenvalue weighted by Gasteiger charge is -2.17. The minimum Gasteiger partial charge on any atom is -0.496 e. The summed E-state index contributed by atoms with van der Waals surface area (Å²) in [7, 11) is 2.93. The maximum absolute atomic E-state index is 12.4. The Bertz CT molecular complexity index is 505. The molecule has 1 unspecified atom stereocenters. The average molecular weight is 309 g/mol. The summed E-state index contributed by atoms with van der Waals surface area (Å²) in [5.74, 6) is -0.950. The number of carboxylic acid groups (broad SMARTS) is 1. The Morgan fingerprint density at radius 2 is 1.73 bits per heavy atom. The van der Waals surface area contributed by atoms with E-state index in [1.54, 1.807) is 18.2 Å². The van der Waals surface area contributed by atoms with Gasteiger partial charge in [-0.25, -0.2) is 0 Å². The highest BCUT2D eigenvalue weighted by Crippen LogP contribution is 2.28. The van der Waals surface area contributed by atoms with Crippen molar-refractivity contribution < 1.29 is 24.2 Å². The Balaban J connectivity index is 2.87. The lowest BCUT2D eigenvalue weighted by Crippen LogP contribution is -2.34. The lowest BCUT2D eigenvalue weighted by molar-refractivity contribution is -0.142. The number of rotatable bonds is 8. The first-order chi connectivity index (χ1) is 10.4. The third kappa shape index (κ3) is 4.65. The molecule has 0 spiro atoms. The molecule has 0 aliphatic rings. The molecular weight excluding hydrogens is 286 g/mol. The number of carboxylic acids is 1. The fraction of sp³-hybridized carbons (Fsp3) is 0.500. The van der Waals surface area contributed by atoms with E-state index in [4.69, 9.17) is 9.47 Å². The van der Waals surface area contributed by atoms with E-state index in [9.17, 15) is 14.7 Å². The highest BCUT2D eigenvalue weighted by Gasteiger charge is 2.23. The van der Waals surface area contributed by atoms with Crippen LogP contribution in [0, 0.1) is 11.8 Å². The number of hydrogen-bond donors (Lipinski definition) is 2. The molecule has 1 atom stereocenters. The molecule has 22 heavy (non-hydrogen) atoms. The van der Waals surface area contributed by atoms with Gasteiger partial charge in [-0.1, -0.05) is 19.9 Å². The predicted molar refractivity (Wildman–Crippen MR) is 82.5 cm³/mol. The zero-order valence-corrected chi connectivity index (χ0v) is 13.4. The first kappa shape index (κ1) is 17.8. The third-order valence-electron chi connectivity index (χ3n) is 3.27. The van der Waals surface area contributed by atoms with E-state index in [1.807, 2.05) is 13.8 Å². The number of carbonyl (C=O) groups excluding carboxylic acids is 1. The van der Waals surface area contributed by atoms with Gasteiger partial charge in [0.1, 0.15) is 17.1 Å². The molecule has 1 amide bonds. The van der Waals surface area contributed by atoms with Crippen molar-refractivity contribution in [1.29, 1.82) is 0 Å². The van der Waals surface area contributed by atoms with Crippen LogP contribution in [0.2, 0.25) is 0 Å². The van der Waals surface area contributed by atoms with Crippen LogP contribution in [0.25, 0.3) is 0 Å². The van der Waals surface area contributed by atoms with Crippen molar-refractivity contribution >= 4 is 11.9 Å². The summed E-state index contributed by atoms with van der Waals surface area (Å²) in [4.78, 5) is 23.6. The van der Waals surface area contributed by atoms with Crippen molar-refractivity contribution in [1.82, 2.24) is 5.32 Å². The van der Waals surface area contributed by atoms with Gasteiger partial charge in [0.2, 0.25) is 0 Å². The van der Waals surface area contributed by atoms with Gasteiger partial charge in [0.05, 0.1) is 20.1 Å². The summed E-state index contributed by atoms with van der Waals surface area (Å²) in [6, 6.07) is 5.02. The number of methoxy groups -OCH3 is 2. The van der Waals surface area contributed by atoms with Gasteiger partial charge in [0.15, 0.2) is 0 Å². The molecule has 0 radical (unpaired) electrons. The Morgan fingerprint density at radius 3 is 2.14 bits per heavy atom. The first-order valence-corrected chi connectivity index (χ1v) is 7.12. The van der Waals surface area contributed by atoms with Gasteiger partial charge in [0, 0.05) is 6.54 Å². The molecular formula is C16H23NO5. The third-order valence-corrected chi connectivity index (χ3v) is 3.27. The topological polar surface area (TPSA) is 84.9 Å². The van der Waals surface area contributed by atoms with Gasteiger partial charge in [-0.15, -0.1) is 0 Å². The summed E-state index contributed by atoms with van der Waals surface area (Å²) >= 11 is 0. The van der Waals surface area contributed by atoms with E-state index in [-0.39, 0.29) is 18.0 Å². The molecule has 0 saturated heterocycles. The van der Waals surface area contributed by atoms with E-state index in [2.05, 4.69) is 5.32 Å². The maximum atomic E-state index is 12.4. The lowest BCUT2D eigenvalue weighted by atomic mass is 9.97. The second-order valence-corrected chi connectivity index (χ2v) is 5.41. The monoisotopic (exact) mass is 309 g/mol. The SMILES string of the molecule is COc1cccc(OC)c1C(=O)NCC(CC(C)C)C(=O)O. The molecule has 0 bridgehead atoms.